The zero-order valence-corrected chi connectivity index (χ0v) is 28.4. The summed E-state index contributed by atoms with van der Waals surface area (Å²) in [6, 6.07) is 9.01. The highest BCUT2D eigenvalue weighted by Gasteiger charge is 2.46. The first kappa shape index (κ1) is 35.1. The largest absolute Gasteiger partial charge is 0.445 e. The molecule has 248 valence electrons. The van der Waals surface area contributed by atoms with Crippen molar-refractivity contribution >= 4 is 57.9 Å². The van der Waals surface area contributed by atoms with E-state index in [1.807, 2.05) is 58.9 Å². The molecule has 4 amide bonds. The number of primary amides is 1. The minimum absolute atomic E-state index is 0.0400. The van der Waals surface area contributed by atoms with Crippen molar-refractivity contribution in [2.75, 3.05) is 0 Å². The lowest BCUT2D eigenvalue weighted by atomic mass is 9.78. The molecule has 2 unspecified atom stereocenters. The van der Waals surface area contributed by atoms with Crippen LogP contribution in [-0.2, 0) is 38.6 Å². The SMILES string of the molecule is CCC(C)[C@H](NC(=O)[C@@]1(NC(=O)[C@@H](NC(=O)OCc2ccccc2C)C(C)CC)CCc2[nH]c3c(Cl)cc(Cl)cc3c2C1)C(N)=O. The van der Waals surface area contributed by atoms with E-state index in [9.17, 15) is 19.2 Å². The molecule has 10 nitrogen and oxygen atoms in total. The maximum Gasteiger partial charge on any atom is 0.408 e. The number of carbonyl (C=O) groups is 4. The third kappa shape index (κ3) is 7.61. The Balaban J connectivity index is 1.66. The van der Waals surface area contributed by atoms with Crippen LogP contribution in [0.4, 0.5) is 4.79 Å². The molecule has 0 radical (unpaired) electrons. The molecular formula is C34H43Cl2N5O5. The monoisotopic (exact) mass is 671 g/mol. The Morgan fingerprint density at radius 1 is 1.02 bits per heavy atom. The number of halogens is 2. The summed E-state index contributed by atoms with van der Waals surface area (Å²) in [5.41, 5.74) is 8.39. The van der Waals surface area contributed by atoms with Crippen LogP contribution in [0.1, 0.15) is 69.3 Å². The highest BCUT2D eigenvalue weighted by atomic mass is 35.5. The summed E-state index contributed by atoms with van der Waals surface area (Å²) in [7, 11) is 0. The van der Waals surface area contributed by atoms with E-state index in [2.05, 4.69) is 20.9 Å². The first-order chi connectivity index (χ1) is 21.8. The van der Waals surface area contributed by atoms with Crippen molar-refractivity contribution in [3.05, 3.63) is 68.8 Å². The summed E-state index contributed by atoms with van der Waals surface area (Å²) in [6.07, 6.45) is 1.12. The van der Waals surface area contributed by atoms with Gasteiger partial charge in [0.25, 0.3) is 0 Å². The Kier molecular flexibility index (Phi) is 11.3. The van der Waals surface area contributed by atoms with Crippen molar-refractivity contribution < 1.29 is 23.9 Å². The number of hydrogen-bond donors (Lipinski definition) is 5. The van der Waals surface area contributed by atoms with Gasteiger partial charge in [-0.3, -0.25) is 14.4 Å². The number of benzene rings is 2. The van der Waals surface area contributed by atoms with Gasteiger partial charge in [-0.05, 0) is 60.4 Å². The molecule has 0 saturated heterocycles. The Morgan fingerprint density at radius 3 is 2.35 bits per heavy atom. The molecule has 2 aromatic carbocycles. The van der Waals surface area contributed by atoms with Crippen molar-refractivity contribution in [1.29, 1.82) is 0 Å². The number of H-pyrrole nitrogens is 1. The second-order valence-corrected chi connectivity index (χ2v) is 13.2. The minimum atomic E-state index is -1.48. The number of aryl methyl sites for hydroxylation is 2. The molecule has 1 aromatic heterocycles. The number of rotatable bonds is 12. The number of hydrogen-bond acceptors (Lipinski definition) is 5. The topological polar surface area (TPSA) is 155 Å². The van der Waals surface area contributed by atoms with Gasteiger partial charge in [0.1, 0.15) is 24.2 Å². The van der Waals surface area contributed by atoms with Crippen LogP contribution in [0, 0.1) is 18.8 Å². The van der Waals surface area contributed by atoms with E-state index < -0.39 is 41.4 Å². The number of alkyl carbamates (subject to hydrolysis) is 1. The van der Waals surface area contributed by atoms with Crippen LogP contribution < -0.4 is 21.7 Å². The highest BCUT2D eigenvalue weighted by molar-refractivity contribution is 6.38. The van der Waals surface area contributed by atoms with E-state index in [4.69, 9.17) is 33.7 Å². The number of aromatic amines is 1. The zero-order valence-electron chi connectivity index (χ0n) is 26.9. The quantitative estimate of drug-likeness (QED) is 0.172. The van der Waals surface area contributed by atoms with E-state index in [0.29, 0.717) is 34.8 Å². The number of fused-ring (bicyclic) bond motifs is 3. The Hall–Kier alpha value is -3.76. The van der Waals surface area contributed by atoms with Crippen LogP contribution in [0.2, 0.25) is 10.0 Å². The summed E-state index contributed by atoms with van der Waals surface area (Å²) >= 11 is 12.9. The van der Waals surface area contributed by atoms with Crippen molar-refractivity contribution in [3.8, 4) is 0 Å². The Morgan fingerprint density at radius 2 is 1.70 bits per heavy atom. The standard InChI is InChI=1S/C34H43Cl2N5O5/c1-6-18(3)27(30(37)42)39-32(44)34(13-12-26-24(16-34)23-14-22(35)15-25(36)29(23)38-26)41-31(43)28(19(4)7-2)40-33(45)46-17-21-11-9-8-10-20(21)5/h8-11,14-15,18-19,27-28,38H,6-7,12-13,16-17H2,1-5H3,(H2,37,42)(H,39,44)(H,40,45)(H,41,43)/t18?,19?,27-,28-,34+/m0/s1. The second-order valence-electron chi connectivity index (χ2n) is 12.4. The fraction of sp³-hybridized carbons (Fsp3) is 0.471. The molecule has 1 heterocycles. The zero-order chi connectivity index (χ0) is 33.8. The van der Waals surface area contributed by atoms with E-state index in [1.165, 1.54) is 0 Å². The van der Waals surface area contributed by atoms with Crippen LogP contribution in [0.3, 0.4) is 0 Å². The third-order valence-corrected chi connectivity index (χ3v) is 9.81. The average molecular weight is 673 g/mol. The molecule has 4 rings (SSSR count). The third-order valence-electron chi connectivity index (χ3n) is 9.29. The molecular weight excluding hydrogens is 629 g/mol. The summed E-state index contributed by atoms with van der Waals surface area (Å²) in [5.74, 6) is -2.29. The smallest absolute Gasteiger partial charge is 0.408 e. The minimum Gasteiger partial charge on any atom is -0.445 e. The number of nitrogens with one attached hydrogen (secondary N) is 4. The summed E-state index contributed by atoms with van der Waals surface area (Å²) in [5, 5.41) is 10.2. The fourth-order valence-electron chi connectivity index (χ4n) is 5.94. The predicted octanol–water partition coefficient (Wildman–Crippen LogP) is 5.48. The number of aromatic nitrogens is 1. The highest BCUT2D eigenvalue weighted by Crippen LogP contribution is 2.38. The van der Waals surface area contributed by atoms with Crippen LogP contribution in [0.15, 0.2) is 36.4 Å². The molecule has 0 aliphatic heterocycles. The summed E-state index contributed by atoms with van der Waals surface area (Å²) in [4.78, 5) is 57.1. The van der Waals surface area contributed by atoms with Gasteiger partial charge in [0, 0.05) is 22.5 Å². The lowest BCUT2D eigenvalue weighted by Gasteiger charge is -2.39. The van der Waals surface area contributed by atoms with Crippen molar-refractivity contribution in [1.82, 2.24) is 20.9 Å². The summed E-state index contributed by atoms with van der Waals surface area (Å²) < 4.78 is 5.48. The molecule has 0 spiro atoms. The lowest BCUT2D eigenvalue weighted by molar-refractivity contribution is -0.137. The number of ether oxygens (including phenoxy) is 1. The predicted molar refractivity (Wildman–Crippen MR) is 180 cm³/mol. The van der Waals surface area contributed by atoms with Gasteiger partial charge in [-0.25, -0.2) is 4.79 Å². The van der Waals surface area contributed by atoms with Gasteiger partial charge in [-0.15, -0.1) is 0 Å². The Bertz CT molecular complexity index is 1620. The molecule has 0 bridgehead atoms. The van der Waals surface area contributed by atoms with E-state index in [-0.39, 0.29) is 31.3 Å². The van der Waals surface area contributed by atoms with Gasteiger partial charge >= 0.3 is 6.09 Å². The van der Waals surface area contributed by atoms with E-state index in [1.54, 1.807) is 12.1 Å². The van der Waals surface area contributed by atoms with Crippen LogP contribution >= 0.6 is 23.2 Å². The van der Waals surface area contributed by atoms with E-state index in [0.717, 1.165) is 27.8 Å². The van der Waals surface area contributed by atoms with Crippen molar-refractivity contribution in [2.24, 2.45) is 17.6 Å². The maximum absolute atomic E-state index is 14.3. The molecule has 1 aliphatic rings. The molecule has 12 heteroatoms. The van der Waals surface area contributed by atoms with Crippen LogP contribution in [0.25, 0.3) is 10.9 Å². The van der Waals surface area contributed by atoms with Gasteiger partial charge < -0.3 is 31.4 Å². The molecule has 1 aliphatic carbocycles. The van der Waals surface area contributed by atoms with E-state index >= 15 is 0 Å². The van der Waals surface area contributed by atoms with Gasteiger partial charge in [-0.2, -0.15) is 0 Å². The normalized spacial score (nSPS) is 18.5. The van der Waals surface area contributed by atoms with Crippen molar-refractivity contribution in [2.45, 2.75) is 91.0 Å². The van der Waals surface area contributed by atoms with Gasteiger partial charge in [0.15, 0.2) is 0 Å². The molecule has 0 saturated carbocycles. The average Bonchev–Trinajstić information content (AvgIpc) is 3.38. The maximum atomic E-state index is 14.3. The molecule has 6 N–H and O–H groups in total. The first-order valence-corrected chi connectivity index (χ1v) is 16.4. The number of amides is 4. The van der Waals surface area contributed by atoms with Crippen LogP contribution in [0.5, 0.6) is 0 Å². The first-order valence-electron chi connectivity index (χ1n) is 15.7. The van der Waals surface area contributed by atoms with Crippen LogP contribution in [-0.4, -0.2) is 46.4 Å². The van der Waals surface area contributed by atoms with Gasteiger partial charge in [0.05, 0.1) is 10.5 Å². The second kappa shape index (κ2) is 14.8. The van der Waals surface area contributed by atoms with Crippen molar-refractivity contribution in [3.63, 3.8) is 0 Å². The lowest BCUT2D eigenvalue weighted by Crippen LogP contribution is -2.67. The number of carbonyl (C=O) groups excluding carboxylic acids is 4. The molecule has 0 fully saturated rings. The Labute approximate surface area is 279 Å². The fourth-order valence-corrected chi connectivity index (χ4v) is 6.48. The molecule has 5 atom stereocenters. The van der Waals surface area contributed by atoms with Gasteiger partial charge in [-0.1, -0.05) is 88.0 Å². The molecule has 46 heavy (non-hydrogen) atoms. The molecule has 3 aromatic rings. The number of nitrogens with two attached hydrogens (primary N) is 1. The van der Waals surface area contributed by atoms with Gasteiger partial charge in [0.2, 0.25) is 17.7 Å². The summed E-state index contributed by atoms with van der Waals surface area (Å²) in [6.45, 7) is 9.44.